The lowest BCUT2D eigenvalue weighted by atomic mass is 9.96. The first kappa shape index (κ1) is 19.4. The Balaban J connectivity index is 2.59. The lowest BCUT2D eigenvalue weighted by molar-refractivity contribution is -0.137. The second kappa shape index (κ2) is 8.87. The van der Waals surface area contributed by atoms with Gasteiger partial charge in [0.15, 0.2) is 0 Å². The van der Waals surface area contributed by atoms with Gasteiger partial charge < -0.3 is 4.90 Å². The highest BCUT2D eigenvalue weighted by atomic mass is 32.2. The highest BCUT2D eigenvalue weighted by Crippen LogP contribution is 2.22. The molecule has 1 saturated heterocycles. The van der Waals surface area contributed by atoms with Crippen molar-refractivity contribution < 1.29 is 13.2 Å². The standard InChI is InChI=1S/C16H32N2O3S/c1-5-8-9-14(6-2)16(19)17-12-10-15(11-13-17)18(7-3)22(4,20)21/h14-15H,5-13H2,1-4H3. The van der Waals surface area contributed by atoms with Crippen molar-refractivity contribution in [2.45, 2.75) is 65.3 Å². The first-order chi connectivity index (χ1) is 10.3. The van der Waals surface area contributed by atoms with Crippen molar-refractivity contribution in [2.24, 2.45) is 5.92 Å². The topological polar surface area (TPSA) is 57.7 Å². The van der Waals surface area contributed by atoms with E-state index in [0.717, 1.165) is 38.5 Å². The lowest BCUT2D eigenvalue weighted by Crippen LogP contribution is -2.49. The van der Waals surface area contributed by atoms with Gasteiger partial charge in [0, 0.05) is 31.6 Å². The summed E-state index contributed by atoms with van der Waals surface area (Å²) in [4.78, 5) is 14.5. The molecule has 1 aliphatic heterocycles. The summed E-state index contributed by atoms with van der Waals surface area (Å²) in [6.07, 6.45) is 6.84. The molecule has 0 aliphatic carbocycles. The first-order valence-corrected chi connectivity index (χ1v) is 10.5. The van der Waals surface area contributed by atoms with E-state index in [-0.39, 0.29) is 17.9 Å². The van der Waals surface area contributed by atoms with Gasteiger partial charge in [-0.2, -0.15) is 4.31 Å². The van der Waals surface area contributed by atoms with Crippen LogP contribution in [0.3, 0.4) is 0 Å². The minimum Gasteiger partial charge on any atom is -0.342 e. The Morgan fingerprint density at radius 1 is 1.23 bits per heavy atom. The number of hydrogen-bond acceptors (Lipinski definition) is 3. The van der Waals surface area contributed by atoms with Gasteiger partial charge in [0.1, 0.15) is 0 Å². The lowest BCUT2D eigenvalue weighted by Gasteiger charge is -2.38. The van der Waals surface area contributed by atoms with Gasteiger partial charge in [-0.25, -0.2) is 8.42 Å². The van der Waals surface area contributed by atoms with Gasteiger partial charge in [0.05, 0.1) is 6.26 Å². The number of likely N-dealkylation sites (tertiary alicyclic amines) is 1. The van der Waals surface area contributed by atoms with Crippen LogP contribution in [0.4, 0.5) is 0 Å². The third kappa shape index (κ3) is 5.23. The van der Waals surface area contributed by atoms with E-state index < -0.39 is 10.0 Å². The third-order valence-corrected chi connectivity index (χ3v) is 6.08. The zero-order valence-electron chi connectivity index (χ0n) is 14.5. The van der Waals surface area contributed by atoms with Crippen LogP contribution in [-0.4, -0.2) is 55.5 Å². The number of carbonyl (C=O) groups excluding carboxylic acids is 1. The SMILES string of the molecule is CCCCC(CC)C(=O)N1CCC(N(CC)S(C)(=O)=O)CC1. The molecular weight excluding hydrogens is 300 g/mol. The number of rotatable bonds is 8. The van der Waals surface area contributed by atoms with E-state index in [4.69, 9.17) is 0 Å². The van der Waals surface area contributed by atoms with Gasteiger partial charge in [-0.1, -0.05) is 33.6 Å². The molecule has 0 aromatic carbocycles. The van der Waals surface area contributed by atoms with E-state index >= 15 is 0 Å². The van der Waals surface area contributed by atoms with Crippen LogP contribution in [-0.2, 0) is 14.8 Å². The molecule has 0 spiro atoms. The molecule has 0 bridgehead atoms. The van der Waals surface area contributed by atoms with Crippen LogP contribution in [0, 0.1) is 5.92 Å². The van der Waals surface area contributed by atoms with Gasteiger partial charge in [0.25, 0.3) is 0 Å². The monoisotopic (exact) mass is 332 g/mol. The Bertz CT molecular complexity index is 442. The molecule has 1 unspecified atom stereocenters. The number of nitrogens with zero attached hydrogens (tertiary/aromatic N) is 2. The molecule has 1 heterocycles. The fraction of sp³-hybridized carbons (Fsp3) is 0.938. The highest BCUT2D eigenvalue weighted by Gasteiger charge is 2.32. The minimum absolute atomic E-state index is 0.0415. The summed E-state index contributed by atoms with van der Waals surface area (Å²) in [5.41, 5.74) is 0. The van der Waals surface area contributed by atoms with Gasteiger partial charge in [0.2, 0.25) is 15.9 Å². The largest absolute Gasteiger partial charge is 0.342 e. The Morgan fingerprint density at radius 2 is 1.82 bits per heavy atom. The summed E-state index contributed by atoms with van der Waals surface area (Å²) in [7, 11) is -3.16. The van der Waals surface area contributed by atoms with E-state index in [1.54, 1.807) is 4.31 Å². The smallest absolute Gasteiger partial charge is 0.225 e. The molecule has 0 radical (unpaired) electrons. The van der Waals surface area contributed by atoms with Crippen LogP contribution < -0.4 is 0 Å². The average Bonchev–Trinajstić information content (AvgIpc) is 2.47. The van der Waals surface area contributed by atoms with Gasteiger partial charge in [-0.15, -0.1) is 0 Å². The normalized spacial score (nSPS) is 18.7. The van der Waals surface area contributed by atoms with Crippen LogP contribution >= 0.6 is 0 Å². The molecule has 0 aromatic heterocycles. The Hall–Kier alpha value is -0.620. The van der Waals surface area contributed by atoms with Crippen LogP contribution in [0.2, 0.25) is 0 Å². The molecule has 1 rings (SSSR count). The summed E-state index contributed by atoms with van der Waals surface area (Å²) in [5, 5.41) is 0. The van der Waals surface area contributed by atoms with Crippen LogP contribution in [0.5, 0.6) is 0 Å². The van der Waals surface area contributed by atoms with Gasteiger partial charge in [-0.3, -0.25) is 4.79 Å². The molecule has 1 fully saturated rings. The predicted molar refractivity (Wildman–Crippen MR) is 90.1 cm³/mol. The van der Waals surface area contributed by atoms with Crippen molar-refractivity contribution in [1.29, 1.82) is 0 Å². The number of unbranched alkanes of at least 4 members (excludes halogenated alkanes) is 1. The summed E-state index contributed by atoms with van der Waals surface area (Å²) in [6, 6.07) is 0.0415. The van der Waals surface area contributed by atoms with E-state index in [0.29, 0.717) is 19.6 Å². The quantitative estimate of drug-likeness (QED) is 0.686. The maximum Gasteiger partial charge on any atom is 0.225 e. The van der Waals surface area contributed by atoms with Crippen molar-refractivity contribution in [3.63, 3.8) is 0 Å². The minimum atomic E-state index is -3.16. The highest BCUT2D eigenvalue weighted by molar-refractivity contribution is 7.88. The van der Waals surface area contributed by atoms with Gasteiger partial charge in [-0.05, 0) is 25.7 Å². The summed E-state index contributed by atoms with van der Waals surface area (Å²) in [6.45, 7) is 7.96. The number of sulfonamides is 1. The number of hydrogen-bond donors (Lipinski definition) is 0. The van der Waals surface area contributed by atoms with Crippen molar-refractivity contribution in [1.82, 2.24) is 9.21 Å². The molecule has 6 heteroatoms. The molecule has 5 nitrogen and oxygen atoms in total. The first-order valence-electron chi connectivity index (χ1n) is 8.60. The van der Waals surface area contributed by atoms with E-state index in [1.807, 2.05) is 11.8 Å². The maximum atomic E-state index is 12.6. The van der Waals surface area contributed by atoms with Crippen LogP contribution in [0.25, 0.3) is 0 Å². The Morgan fingerprint density at radius 3 is 2.23 bits per heavy atom. The predicted octanol–water partition coefficient (Wildman–Crippen LogP) is 2.48. The van der Waals surface area contributed by atoms with Crippen molar-refractivity contribution in [2.75, 3.05) is 25.9 Å². The molecule has 1 amide bonds. The number of carbonyl (C=O) groups is 1. The molecule has 0 aromatic rings. The second-order valence-corrected chi connectivity index (χ2v) is 8.21. The van der Waals surface area contributed by atoms with Crippen molar-refractivity contribution in [3.8, 4) is 0 Å². The van der Waals surface area contributed by atoms with E-state index in [2.05, 4.69) is 13.8 Å². The van der Waals surface area contributed by atoms with Crippen LogP contribution in [0.1, 0.15) is 59.3 Å². The molecule has 0 N–H and O–H groups in total. The summed E-state index contributed by atoms with van der Waals surface area (Å²) >= 11 is 0. The van der Waals surface area contributed by atoms with Crippen molar-refractivity contribution >= 4 is 15.9 Å². The molecular formula is C16H32N2O3S. The van der Waals surface area contributed by atoms with Crippen LogP contribution in [0.15, 0.2) is 0 Å². The summed E-state index contributed by atoms with van der Waals surface area (Å²) in [5.74, 6) is 0.394. The fourth-order valence-corrected chi connectivity index (χ4v) is 4.57. The van der Waals surface area contributed by atoms with Crippen molar-refractivity contribution in [3.05, 3.63) is 0 Å². The summed E-state index contributed by atoms with van der Waals surface area (Å²) < 4.78 is 25.2. The second-order valence-electron chi connectivity index (χ2n) is 6.27. The van der Waals surface area contributed by atoms with Gasteiger partial charge >= 0.3 is 0 Å². The zero-order valence-corrected chi connectivity index (χ0v) is 15.4. The van der Waals surface area contributed by atoms with E-state index in [1.165, 1.54) is 6.26 Å². The zero-order chi connectivity index (χ0) is 16.8. The number of piperidine rings is 1. The molecule has 1 atom stereocenters. The van der Waals surface area contributed by atoms with E-state index in [9.17, 15) is 13.2 Å². The molecule has 1 aliphatic rings. The third-order valence-electron chi connectivity index (χ3n) is 4.67. The number of amides is 1. The Kier molecular flexibility index (Phi) is 7.83. The maximum absolute atomic E-state index is 12.6. The average molecular weight is 333 g/mol. The Labute approximate surface area is 136 Å². The molecule has 130 valence electrons. The molecule has 22 heavy (non-hydrogen) atoms. The fourth-order valence-electron chi connectivity index (χ4n) is 3.35. The molecule has 0 saturated carbocycles.